The molecule has 0 spiro atoms. The summed E-state index contributed by atoms with van der Waals surface area (Å²) >= 11 is 1.88. The number of hydrogen-bond donors (Lipinski definition) is 4. The van der Waals surface area contributed by atoms with Crippen LogP contribution in [-0.4, -0.2) is 57.4 Å². The van der Waals surface area contributed by atoms with Crippen LogP contribution in [0.3, 0.4) is 0 Å². The molecule has 3 aromatic rings. The Bertz CT molecular complexity index is 1170. The molecule has 0 saturated heterocycles. The van der Waals surface area contributed by atoms with Crippen LogP contribution in [0.2, 0.25) is 0 Å². The molecule has 4 rings (SSSR count). The number of benzene rings is 3. The number of likely N-dealkylation sites (N-methyl/N-ethyl adjacent to an activating group) is 1. The van der Waals surface area contributed by atoms with E-state index < -0.39 is 11.5 Å². The number of anilines is 2. The second-order valence-corrected chi connectivity index (χ2v) is 10.5. The quantitative estimate of drug-likeness (QED) is 0.253. The van der Waals surface area contributed by atoms with Crippen molar-refractivity contribution in [3.63, 3.8) is 0 Å². The summed E-state index contributed by atoms with van der Waals surface area (Å²) in [7, 11) is 0. The number of carboxylic acid groups (broad SMARTS) is 1. The minimum atomic E-state index is -1.39. The largest absolute Gasteiger partial charge is 0.504 e. The zero-order chi connectivity index (χ0) is 27.2. The van der Waals surface area contributed by atoms with Crippen molar-refractivity contribution in [2.75, 3.05) is 24.5 Å². The lowest BCUT2D eigenvalue weighted by Gasteiger charge is -2.37. The predicted octanol–water partition coefficient (Wildman–Crippen LogP) is 5.88. The molecule has 0 aromatic heterocycles. The highest BCUT2D eigenvalue weighted by molar-refractivity contribution is 7.99. The first-order valence-electron chi connectivity index (χ1n) is 12.5. The van der Waals surface area contributed by atoms with E-state index in [2.05, 4.69) is 79.1 Å². The number of aliphatic carboxylic acids is 1. The van der Waals surface area contributed by atoms with E-state index in [9.17, 15) is 9.90 Å². The highest BCUT2D eigenvalue weighted by atomic mass is 35.5. The zero-order valence-electron chi connectivity index (χ0n) is 22.3. The van der Waals surface area contributed by atoms with Gasteiger partial charge in [0.15, 0.2) is 11.5 Å². The van der Waals surface area contributed by atoms with Crippen LogP contribution in [0.15, 0.2) is 76.5 Å². The molecule has 206 valence electrons. The third-order valence-corrected chi connectivity index (χ3v) is 7.64. The number of fused-ring (bicyclic) bond motifs is 2. The Morgan fingerprint density at radius 2 is 1.50 bits per heavy atom. The predicted molar refractivity (Wildman–Crippen MR) is 157 cm³/mol. The molecular formula is C29H38ClN3O4S. The zero-order valence-corrected chi connectivity index (χ0v) is 23.9. The van der Waals surface area contributed by atoms with Gasteiger partial charge in [0.1, 0.15) is 5.54 Å². The number of carbonyl (C=O) groups is 1. The van der Waals surface area contributed by atoms with Crippen molar-refractivity contribution < 1.29 is 20.1 Å². The average molecular weight is 560 g/mol. The fourth-order valence-corrected chi connectivity index (χ4v) is 5.48. The SMILES string of the molecule is CC(N)(Cc1ccc(O)c(O)c1)C(=O)O.CCN(CC)C(C)CN1c2ccccc2Sc2ccccc21.Cl. The summed E-state index contributed by atoms with van der Waals surface area (Å²) in [5.41, 5.74) is 7.38. The second-order valence-electron chi connectivity index (χ2n) is 9.44. The van der Waals surface area contributed by atoms with Gasteiger partial charge >= 0.3 is 5.97 Å². The van der Waals surface area contributed by atoms with Crippen molar-refractivity contribution in [1.29, 1.82) is 0 Å². The molecular weight excluding hydrogens is 522 g/mol. The first kappa shape index (κ1) is 31.3. The number of halogens is 1. The molecule has 7 nitrogen and oxygen atoms in total. The summed E-state index contributed by atoms with van der Waals surface area (Å²) < 4.78 is 0. The molecule has 0 amide bonds. The molecule has 1 aliphatic rings. The average Bonchev–Trinajstić information content (AvgIpc) is 2.87. The summed E-state index contributed by atoms with van der Waals surface area (Å²) in [6, 6.07) is 22.1. The van der Waals surface area contributed by atoms with Crippen LogP contribution in [0.25, 0.3) is 0 Å². The maximum Gasteiger partial charge on any atom is 0.323 e. The molecule has 9 heteroatoms. The van der Waals surface area contributed by atoms with E-state index in [4.69, 9.17) is 15.9 Å². The van der Waals surface area contributed by atoms with Crippen LogP contribution in [0.4, 0.5) is 11.4 Å². The van der Waals surface area contributed by atoms with Crippen molar-refractivity contribution in [1.82, 2.24) is 4.90 Å². The molecule has 2 unspecified atom stereocenters. The van der Waals surface area contributed by atoms with E-state index in [1.807, 2.05) is 11.8 Å². The van der Waals surface area contributed by atoms with E-state index in [1.165, 1.54) is 46.3 Å². The van der Waals surface area contributed by atoms with Gasteiger partial charge in [0.2, 0.25) is 0 Å². The third kappa shape index (κ3) is 7.57. The minimum absolute atomic E-state index is 0. The molecule has 0 radical (unpaired) electrons. The molecule has 1 heterocycles. The fourth-order valence-electron chi connectivity index (χ4n) is 4.38. The van der Waals surface area contributed by atoms with Crippen molar-refractivity contribution in [3.8, 4) is 11.5 Å². The van der Waals surface area contributed by atoms with Crippen LogP contribution in [-0.2, 0) is 11.2 Å². The highest BCUT2D eigenvalue weighted by Gasteiger charge is 2.28. The number of carboxylic acids is 1. The summed E-state index contributed by atoms with van der Waals surface area (Å²) in [5, 5.41) is 27.0. The Labute approximate surface area is 235 Å². The summed E-state index contributed by atoms with van der Waals surface area (Å²) in [6.07, 6.45) is 0.0795. The standard InChI is InChI=1S/C19H24N2S.C10H13NO4.ClH/c1-4-20(5-2)15(3)14-21-16-10-6-8-12-18(16)22-19-13-9-7-11-17(19)21;1-10(11,9(14)15)5-6-2-3-7(12)8(13)4-6;/h6-13,15H,4-5,14H2,1-3H3;2-4,12-13H,5,11H2,1H3,(H,14,15);1H. The van der Waals surface area contributed by atoms with Crippen molar-refractivity contribution in [3.05, 3.63) is 72.3 Å². The molecule has 5 N–H and O–H groups in total. The van der Waals surface area contributed by atoms with E-state index in [1.54, 1.807) is 0 Å². The molecule has 0 saturated carbocycles. The maximum absolute atomic E-state index is 10.7. The number of para-hydroxylation sites is 2. The van der Waals surface area contributed by atoms with Gasteiger partial charge in [-0.25, -0.2) is 0 Å². The number of rotatable bonds is 8. The van der Waals surface area contributed by atoms with E-state index in [-0.39, 0.29) is 30.3 Å². The highest BCUT2D eigenvalue weighted by Crippen LogP contribution is 2.47. The van der Waals surface area contributed by atoms with Crippen molar-refractivity contribution >= 4 is 41.5 Å². The van der Waals surface area contributed by atoms with Gasteiger partial charge in [0, 0.05) is 28.8 Å². The van der Waals surface area contributed by atoms with Crippen molar-refractivity contribution in [2.24, 2.45) is 5.73 Å². The van der Waals surface area contributed by atoms with Crippen LogP contribution >= 0.6 is 24.2 Å². The topological polar surface area (TPSA) is 110 Å². The van der Waals surface area contributed by atoms with Crippen LogP contribution in [0, 0.1) is 0 Å². The molecule has 0 bridgehead atoms. The van der Waals surface area contributed by atoms with Gasteiger partial charge in [-0.1, -0.05) is 55.9 Å². The van der Waals surface area contributed by atoms with E-state index in [0.717, 1.165) is 19.6 Å². The van der Waals surface area contributed by atoms with E-state index >= 15 is 0 Å². The van der Waals surface area contributed by atoms with Crippen molar-refractivity contribution in [2.45, 2.75) is 55.5 Å². The second kappa shape index (κ2) is 13.8. The van der Waals surface area contributed by atoms with Crippen LogP contribution < -0.4 is 10.6 Å². The first-order chi connectivity index (χ1) is 17.6. The van der Waals surface area contributed by atoms with Crippen LogP contribution in [0.5, 0.6) is 11.5 Å². The lowest BCUT2D eigenvalue weighted by molar-refractivity contribution is -0.142. The van der Waals surface area contributed by atoms with Gasteiger partial charge in [-0.2, -0.15) is 0 Å². The smallest absolute Gasteiger partial charge is 0.323 e. The molecule has 1 aliphatic heterocycles. The van der Waals surface area contributed by atoms with Crippen LogP contribution in [0.1, 0.15) is 33.3 Å². The molecule has 3 aromatic carbocycles. The Kier molecular flexibility index (Phi) is 11.3. The van der Waals surface area contributed by atoms with Gasteiger partial charge in [0.05, 0.1) is 11.4 Å². The van der Waals surface area contributed by atoms with Gasteiger partial charge in [0.25, 0.3) is 0 Å². The molecule has 38 heavy (non-hydrogen) atoms. The van der Waals surface area contributed by atoms with Gasteiger partial charge < -0.3 is 26.0 Å². The lowest BCUT2D eigenvalue weighted by atomic mass is 9.94. The molecule has 0 fully saturated rings. The first-order valence-corrected chi connectivity index (χ1v) is 13.3. The number of nitrogens with zero attached hydrogens (tertiary/aromatic N) is 2. The Balaban J connectivity index is 0.000000280. The number of phenols is 2. The monoisotopic (exact) mass is 559 g/mol. The Morgan fingerprint density at radius 1 is 0.974 bits per heavy atom. The lowest BCUT2D eigenvalue weighted by Crippen LogP contribution is -2.46. The van der Waals surface area contributed by atoms with E-state index in [0.29, 0.717) is 11.6 Å². The maximum atomic E-state index is 10.7. The summed E-state index contributed by atoms with van der Waals surface area (Å²) in [5.74, 6) is -1.64. The molecule has 2 atom stereocenters. The van der Waals surface area contributed by atoms with Gasteiger partial charge in [-0.3, -0.25) is 9.69 Å². The number of aromatic hydroxyl groups is 2. The van der Waals surface area contributed by atoms with Gasteiger partial charge in [-0.05, 0) is 68.9 Å². The molecule has 0 aliphatic carbocycles. The Morgan fingerprint density at radius 3 is 1.97 bits per heavy atom. The summed E-state index contributed by atoms with van der Waals surface area (Å²) in [6.45, 7) is 11.4. The number of phenolic OH excluding ortho intramolecular Hbond substituents is 2. The van der Waals surface area contributed by atoms with Gasteiger partial charge in [-0.15, -0.1) is 12.4 Å². The summed E-state index contributed by atoms with van der Waals surface area (Å²) in [4.78, 5) is 18.5. The normalized spacial score (nSPS) is 14.2. The number of hydrogen-bond acceptors (Lipinski definition) is 7. The number of nitrogens with two attached hydrogens (primary N) is 1. The fraction of sp³-hybridized carbons (Fsp3) is 0.345. The Hall–Kier alpha value is -2.91. The third-order valence-electron chi connectivity index (χ3n) is 6.51. The minimum Gasteiger partial charge on any atom is -0.504 e.